The molecule has 0 amide bonds. The molecule has 0 saturated carbocycles. The van der Waals surface area contributed by atoms with Crippen LogP contribution in [0, 0.1) is 0 Å². The summed E-state index contributed by atoms with van der Waals surface area (Å²) in [6, 6.07) is 7.38. The van der Waals surface area contributed by atoms with Crippen LogP contribution < -0.4 is 11.1 Å². The molecule has 1 heterocycles. The molecule has 3 N–H and O–H groups in total. The number of carbonyl (C=O) groups is 1. The van der Waals surface area contributed by atoms with E-state index in [2.05, 4.69) is 15.3 Å². The van der Waals surface area contributed by atoms with E-state index < -0.39 is 0 Å². The number of esters is 1. The molecule has 6 nitrogen and oxygen atoms in total. The van der Waals surface area contributed by atoms with Crippen molar-refractivity contribution in [3.8, 4) is 0 Å². The molecule has 1 aromatic heterocycles. The van der Waals surface area contributed by atoms with Gasteiger partial charge in [-0.15, -0.1) is 0 Å². The van der Waals surface area contributed by atoms with E-state index in [1.807, 2.05) is 24.3 Å². The molecule has 1 aromatic carbocycles. The van der Waals surface area contributed by atoms with E-state index >= 15 is 0 Å². The van der Waals surface area contributed by atoms with Gasteiger partial charge in [0.1, 0.15) is 6.54 Å². The summed E-state index contributed by atoms with van der Waals surface area (Å²) in [6.07, 6.45) is 0. The van der Waals surface area contributed by atoms with Crippen LogP contribution in [0.5, 0.6) is 0 Å². The molecule has 0 fully saturated rings. The summed E-state index contributed by atoms with van der Waals surface area (Å²) >= 11 is 0. The zero-order valence-corrected chi connectivity index (χ0v) is 10.0. The fraction of sp³-hybridized carbons (Fsp3) is 0.250. The highest BCUT2D eigenvalue weighted by atomic mass is 16.5. The largest absolute Gasteiger partial charge is 0.465 e. The molecule has 0 saturated heterocycles. The number of hydrogen-bond donors (Lipinski definition) is 2. The van der Waals surface area contributed by atoms with Gasteiger partial charge >= 0.3 is 5.97 Å². The molecule has 0 atom stereocenters. The number of carbonyl (C=O) groups excluding carboxylic acids is 1. The Morgan fingerprint density at radius 3 is 2.67 bits per heavy atom. The average molecular weight is 246 g/mol. The summed E-state index contributed by atoms with van der Waals surface area (Å²) < 4.78 is 4.80. The number of aromatic nitrogens is 2. The van der Waals surface area contributed by atoms with Crippen molar-refractivity contribution in [2.45, 2.75) is 6.92 Å². The molecule has 18 heavy (non-hydrogen) atoms. The second-order valence-electron chi connectivity index (χ2n) is 3.60. The number of anilines is 2. The molecule has 0 aliphatic carbocycles. The number of rotatable bonds is 4. The predicted octanol–water partition coefficient (Wildman–Crippen LogP) is 1.19. The number of ether oxygens (including phenoxy) is 1. The van der Waals surface area contributed by atoms with Crippen LogP contribution in [-0.4, -0.2) is 29.1 Å². The summed E-state index contributed by atoms with van der Waals surface area (Å²) in [6.45, 7) is 2.12. The number of nitrogen functional groups attached to an aromatic ring is 1. The van der Waals surface area contributed by atoms with E-state index in [9.17, 15) is 4.79 Å². The first-order valence-corrected chi connectivity index (χ1v) is 5.62. The molecular weight excluding hydrogens is 232 g/mol. The van der Waals surface area contributed by atoms with Gasteiger partial charge in [0, 0.05) is 0 Å². The molecule has 0 bridgehead atoms. The number of benzene rings is 1. The van der Waals surface area contributed by atoms with Crippen molar-refractivity contribution in [3.05, 3.63) is 24.3 Å². The summed E-state index contributed by atoms with van der Waals surface area (Å²) in [5, 5.41) is 2.82. The molecule has 0 radical (unpaired) electrons. The van der Waals surface area contributed by atoms with E-state index in [1.165, 1.54) is 0 Å². The monoisotopic (exact) mass is 246 g/mol. The molecule has 0 spiro atoms. The maximum atomic E-state index is 11.2. The minimum Gasteiger partial charge on any atom is -0.465 e. The molecule has 0 aliphatic heterocycles. The predicted molar refractivity (Wildman–Crippen MR) is 69.1 cm³/mol. The Morgan fingerprint density at radius 2 is 2.00 bits per heavy atom. The maximum absolute atomic E-state index is 11.2. The SMILES string of the molecule is CCOC(=O)CNc1nc2ccccc2nc1N. The van der Waals surface area contributed by atoms with Crippen LogP contribution in [0.4, 0.5) is 11.6 Å². The summed E-state index contributed by atoms with van der Waals surface area (Å²) in [7, 11) is 0. The summed E-state index contributed by atoms with van der Waals surface area (Å²) in [4.78, 5) is 19.7. The van der Waals surface area contributed by atoms with E-state index in [1.54, 1.807) is 6.92 Å². The van der Waals surface area contributed by atoms with Crippen LogP contribution in [0.1, 0.15) is 6.92 Å². The highest BCUT2D eigenvalue weighted by Crippen LogP contribution is 2.17. The normalized spacial score (nSPS) is 10.3. The third-order valence-electron chi connectivity index (χ3n) is 2.30. The second-order valence-corrected chi connectivity index (χ2v) is 3.60. The number of fused-ring (bicyclic) bond motifs is 1. The van der Waals surface area contributed by atoms with Crippen LogP contribution in [0.3, 0.4) is 0 Å². The van der Waals surface area contributed by atoms with Gasteiger partial charge in [0.25, 0.3) is 0 Å². The van der Waals surface area contributed by atoms with E-state index in [0.29, 0.717) is 12.4 Å². The first kappa shape index (κ1) is 12.1. The van der Waals surface area contributed by atoms with Gasteiger partial charge in [-0.1, -0.05) is 12.1 Å². The minimum absolute atomic E-state index is 0.0189. The third-order valence-corrected chi connectivity index (χ3v) is 2.30. The number of nitrogens with zero attached hydrogens (tertiary/aromatic N) is 2. The van der Waals surface area contributed by atoms with Crippen molar-refractivity contribution in [1.82, 2.24) is 9.97 Å². The molecule has 0 aliphatic rings. The topological polar surface area (TPSA) is 90.1 Å². The lowest BCUT2D eigenvalue weighted by atomic mass is 10.3. The Labute approximate surface area is 104 Å². The van der Waals surface area contributed by atoms with E-state index in [4.69, 9.17) is 10.5 Å². The fourth-order valence-electron chi connectivity index (χ4n) is 1.51. The first-order chi connectivity index (χ1) is 8.70. The average Bonchev–Trinajstić information content (AvgIpc) is 2.36. The molecule has 0 unspecified atom stereocenters. The van der Waals surface area contributed by atoms with Gasteiger partial charge in [-0.2, -0.15) is 0 Å². The summed E-state index contributed by atoms with van der Waals surface area (Å²) in [5.74, 6) is 0.298. The van der Waals surface area contributed by atoms with Crippen LogP contribution in [0.25, 0.3) is 11.0 Å². The Bertz CT molecular complexity index is 571. The second kappa shape index (κ2) is 5.31. The quantitative estimate of drug-likeness (QED) is 0.787. The number of para-hydroxylation sites is 2. The van der Waals surface area contributed by atoms with Gasteiger partial charge in [0.05, 0.1) is 17.6 Å². The number of nitrogens with one attached hydrogen (secondary N) is 1. The van der Waals surface area contributed by atoms with Crippen LogP contribution >= 0.6 is 0 Å². The number of hydrogen-bond acceptors (Lipinski definition) is 6. The first-order valence-electron chi connectivity index (χ1n) is 5.62. The molecule has 2 aromatic rings. The van der Waals surface area contributed by atoms with Gasteiger partial charge in [0.15, 0.2) is 11.6 Å². The highest BCUT2D eigenvalue weighted by molar-refractivity contribution is 5.81. The van der Waals surface area contributed by atoms with Gasteiger partial charge < -0.3 is 15.8 Å². The van der Waals surface area contributed by atoms with Crippen molar-refractivity contribution < 1.29 is 9.53 Å². The lowest BCUT2D eigenvalue weighted by Gasteiger charge is -2.08. The van der Waals surface area contributed by atoms with Crippen molar-refractivity contribution in [2.24, 2.45) is 0 Å². The Balaban J connectivity index is 2.17. The molecule has 2 rings (SSSR count). The van der Waals surface area contributed by atoms with Crippen molar-refractivity contribution in [1.29, 1.82) is 0 Å². The maximum Gasteiger partial charge on any atom is 0.325 e. The highest BCUT2D eigenvalue weighted by Gasteiger charge is 2.07. The van der Waals surface area contributed by atoms with Crippen molar-refractivity contribution in [2.75, 3.05) is 24.2 Å². The van der Waals surface area contributed by atoms with E-state index in [-0.39, 0.29) is 18.3 Å². The zero-order chi connectivity index (χ0) is 13.0. The van der Waals surface area contributed by atoms with Gasteiger partial charge in [-0.05, 0) is 19.1 Å². The van der Waals surface area contributed by atoms with Crippen molar-refractivity contribution in [3.63, 3.8) is 0 Å². The molecule has 94 valence electrons. The zero-order valence-electron chi connectivity index (χ0n) is 10.0. The van der Waals surface area contributed by atoms with Crippen molar-refractivity contribution >= 4 is 28.6 Å². The van der Waals surface area contributed by atoms with Crippen LogP contribution in [-0.2, 0) is 9.53 Å². The Morgan fingerprint density at radius 1 is 1.33 bits per heavy atom. The van der Waals surface area contributed by atoms with Crippen LogP contribution in [0.15, 0.2) is 24.3 Å². The lowest BCUT2D eigenvalue weighted by molar-refractivity contribution is -0.140. The molecule has 6 heteroatoms. The van der Waals surface area contributed by atoms with Gasteiger partial charge in [-0.25, -0.2) is 9.97 Å². The number of nitrogens with two attached hydrogens (primary N) is 1. The van der Waals surface area contributed by atoms with Crippen LogP contribution in [0.2, 0.25) is 0 Å². The minimum atomic E-state index is -0.355. The summed E-state index contributed by atoms with van der Waals surface area (Å²) in [5.41, 5.74) is 7.20. The smallest absolute Gasteiger partial charge is 0.325 e. The standard InChI is InChI=1S/C12H14N4O2/c1-2-18-10(17)7-14-12-11(13)15-8-5-3-4-6-9(8)16-12/h3-6H,2,7H2,1H3,(H2,13,15)(H,14,16). The van der Waals surface area contributed by atoms with Gasteiger partial charge in [0.2, 0.25) is 0 Å². The van der Waals surface area contributed by atoms with Gasteiger partial charge in [-0.3, -0.25) is 4.79 Å². The fourth-order valence-corrected chi connectivity index (χ4v) is 1.51. The van der Waals surface area contributed by atoms with E-state index in [0.717, 1.165) is 11.0 Å². The lowest BCUT2D eigenvalue weighted by Crippen LogP contribution is -2.18. The third kappa shape index (κ3) is 2.65. The Kier molecular flexibility index (Phi) is 3.57. The Hall–Kier alpha value is -2.37. The molecular formula is C12H14N4O2.